The Balaban J connectivity index is 1.26. The molecule has 1 amide bonds. The number of nitro groups is 1. The second-order valence-corrected chi connectivity index (χ2v) is 15.8. The molecule has 0 bridgehead atoms. The second kappa shape index (κ2) is 17.6. The Bertz CT molecular complexity index is 2240. The summed E-state index contributed by atoms with van der Waals surface area (Å²) in [5.74, 6) is 0.305. The third-order valence-corrected chi connectivity index (χ3v) is 10.9. The fraction of sp³-hybridized carbons (Fsp3) is 0.263. The van der Waals surface area contributed by atoms with Crippen molar-refractivity contribution in [3.63, 3.8) is 0 Å². The minimum atomic E-state index is -4.63. The molecule has 0 aliphatic carbocycles. The van der Waals surface area contributed by atoms with Crippen molar-refractivity contribution in [2.24, 2.45) is 0 Å². The lowest BCUT2D eigenvalue weighted by Crippen LogP contribution is -2.46. The van der Waals surface area contributed by atoms with Gasteiger partial charge in [0.05, 0.1) is 22.9 Å². The maximum atomic E-state index is 13.9. The van der Waals surface area contributed by atoms with E-state index in [0.29, 0.717) is 50.8 Å². The number of sulfonamides is 1. The van der Waals surface area contributed by atoms with Gasteiger partial charge in [-0.25, -0.2) is 13.1 Å². The molecule has 1 fully saturated rings. The van der Waals surface area contributed by atoms with Crippen LogP contribution in [0.15, 0.2) is 107 Å². The molecule has 15 nitrogen and oxygen atoms in total. The van der Waals surface area contributed by atoms with Crippen molar-refractivity contribution in [3.8, 4) is 22.6 Å². The van der Waals surface area contributed by atoms with Crippen molar-refractivity contribution in [2.75, 3.05) is 48.7 Å². The molecule has 0 spiro atoms. The average Bonchev–Trinajstić information content (AvgIpc) is 3.16. The number of nitrogens with zero attached hydrogens (tertiary/aromatic N) is 6. The quantitative estimate of drug-likeness (QED) is 0.0515. The zero-order valence-corrected chi connectivity index (χ0v) is 31.8. The summed E-state index contributed by atoms with van der Waals surface area (Å²) >= 11 is 1.58. The molecule has 1 saturated heterocycles. The van der Waals surface area contributed by atoms with E-state index in [-0.39, 0.29) is 28.9 Å². The summed E-state index contributed by atoms with van der Waals surface area (Å²) in [7, 11) is -4.63. The first kappa shape index (κ1) is 38.9. The maximum absolute atomic E-state index is 13.9. The molecule has 6 rings (SSSR count). The Hall–Kier alpha value is -5.78. The lowest BCUT2D eigenvalue weighted by atomic mass is 10.0. The number of nitrogens with one attached hydrogen (secondary N) is 2. The number of carbonyl (C=O) groups is 1. The van der Waals surface area contributed by atoms with Crippen molar-refractivity contribution >= 4 is 44.8 Å². The SMILES string of the molecule is CC(C)Oc1cc(CN2CCN(c3cc(NCCSc4ccccc4)c([N+](=O)[O-])cc3S(=O)(=O)NC(=O)c3cccnn3)CC2)cc(-c2cncc(O)c2)c1. The van der Waals surface area contributed by atoms with Crippen LogP contribution in [-0.4, -0.2) is 89.0 Å². The molecule has 3 heterocycles. The van der Waals surface area contributed by atoms with Gasteiger partial charge in [-0.1, -0.05) is 18.2 Å². The summed E-state index contributed by atoms with van der Waals surface area (Å²) in [6.07, 6.45) is 4.33. The van der Waals surface area contributed by atoms with E-state index in [1.165, 1.54) is 30.6 Å². The molecule has 0 radical (unpaired) electrons. The molecule has 0 unspecified atom stereocenters. The van der Waals surface area contributed by atoms with Gasteiger partial charge in [-0.2, -0.15) is 5.10 Å². The Labute approximate surface area is 323 Å². The van der Waals surface area contributed by atoms with E-state index in [4.69, 9.17) is 4.74 Å². The normalized spacial score (nSPS) is 13.4. The van der Waals surface area contributed by atoms with Crippen LogP contribution in [0.4, 0.5) is 17.1 Å². The van der Waals surface area contributed by atoms with E-state index < -0.39 is 31.4 Å². The molecular weight excluding hydrogens is 745 g/mol. The molecule has 3 N–H and O–H groups in total. The standard InChI is InChI=1S/C38H40N8O7S2/c1-26(2)53-31-18-27(17-28(20-31)29-19-30(47)24-39-23-29)25-44-12-14-45(15-13-44)36-21-34(40-11-16-54-32-7-4-3-5-8-32)35(46(49)50)22-37(36)55(51,52)43-38(48)33-9-6-10-41-42-33/h3-10,17-24,26,40,47H,11-16,25H2,1-2H3,(H,43,48). The van der Waals surface area contributed by atoms with Crippen LogP contribution in [0.2, 0.25) is 0 Å². The molecule has 1 aliphatic rings. The molecule has 286 valence electrons. The van der Waals surface area contributed by atoms with Crippen LogP contribution in [0.25, 0.3) is 11.1 Å². The number of hydrogen-bond donors (Lipinski definition) is 3. The van der Waals surface area contributed by atoms with Crippen molar-refractivity contribution in [1.82, 2.24) is 24.8 Å². The molecule has 0 atom stereocenters. The van der Waals surface area contributed by atoms with E-state index >= 15 is 0 Å². The number of thioether (sulfide) groups is 1. The number of ether oxygens (including phenoxy) is 1. The summed E-state index contributed by atoms with van der Waals surface area (Å²) in [5, 5.41) is 32.9. The highest BCUT2D eigenvalue weighted by atomic mass is 32.2. The van der Waals surface area contributed by atoms with Crippen molar-refractivity contribution in [2.45, 2.75) is 36.3 Å². The number of carbonyl (C=O) groups excluding carboxylic acids is 1. The minimum Gasteiger partial charge on any atom is -0.506 e. The van der Waals surface area contributed by atoms with Gasteiger partial charge < -0.3 is 20.1 Å². The zero-order valence-electron chi connectivity index (χ0n) is 30.2. The maximum Gasteiger partial charge on any atom is 0.293 e. The van der Waals surface area contributed by atoms with Crippen LogP contribution in [0.1, 0.15) is 29.9 Å². The summed E-state index contributed by atoms with van der Waals surface area (Å²) in [4.78, 5) is 33.5. The van der Waals surface area contributed by atoms with Crippen LogP contribution in [0, 0.1) is 10.1 Å². The number of piperazine rings is 1. The molecule has 17 heteroatoms. The van der Waals surface area contributed by atoms with Gasteiger partial charge in [-0.05, 0) is 79.6 Å². The molecule has 2 aromatic heterocycles. The Kier molecular flexibility index (Phi) is 12.4. The highest BCUT2D eigenvalue weighted by molar-refractivity contribution is 7.99. The molecular formula is C38H40N8O7S2. The van der Waals surface area contributed by atoms with Crippen LogP contribution in [-0.2, 0) is 16.6 Å². The van der Waals surface area contributed by atoms with Crippen molar-refractivity contribution < 1.29 is 28.0 Å². The number of amides is 1. The van der Waals surface area contributed by atoms with E-state index in [9.17, 15) is 28.4 Å². The van der Waals surface area contributed by atoms with Gasteiger partial charge >= 0.3 is 0 Å². The predicted molar refractivity (Wildman–Crippen MR) is 210 cm³/mol. The number of aromatic nitrogens is 3. The number of hydrogen-bond acceptors (Lipinski definition) is 14. The highest BCUT2D eigenvalue weighted by Crippen LogP contribution is 2.37. The number of nitro benzene ring substituents is 1. The van der Waals surface area contributed by atoms with Gasteiger partial charge in [0.15, 0.2) is 5.69 Å². The zero-order chi connectivity index (χ0) is 39.0. The topological polar surface area (TPSA) is 193 Å². The monoisotopic (exact) mass is 784 g/mol. The summed E-state index contributed by atoms with van der Waals surface area (Å²) in [5.41, 5.74) is 2.25. The number of pyridine rings is 1. The first-order chi connectivity index (χ1) is 26.4. The summed E-state index contributed by atoms with van der Waals surface area (Å²) in [6, 6.07) is 22.5. The smallest absolute Gasteiger partial charge is 0.293 e. The van der Waals surface area contributed by atoms with E-state index in [1.54, 1.807) is 24.0 Å². The van der Waals surface area contributed by atoms with Gasteiger partial charge in [-0.15, -0.1) is 16.9 Å². The largest absolute Gasteiger partial charge is 0.506 e. The van der Waals surface area contributed by atoms with Crippen molar-refractivity contribution in [3.05, 3.63) is 119 Å². The lowest BCUT2D eigenvalue weighted by molar-refractivity contribution is -0.384. The number of benzene rings is 3. The molecule has 0 saturated carbocycles. The average molecular weight is 785 g/mol. The second-order valence-electron chi connectivity index (χ2n) is 13.0. The number of rotatable bonds is 15. The van der Waals surface area contributed by atoms with Gasteiger partial charge in [0.25, 0.3) is 21.6 Å². The summed E-state index contributed by atoms with van der Waals surface area (Å²) in [6.45, 7) is 6.62. The third-order valence-electron chi connectivity index (χ3n) is 8.54. The van der Waals surface area contributed by atoms with Gasteiger partial charge in [-0.3, -0.25) is 24.8 Å². The van der Waals surface area contributed by atoms with Crippen LogP contribution in [0.5, 0.6) is 11.5 Å². The van der Waals surface area contributed by atoms with Gasteiger partial charge in [0.2, 0.25) is 0 Å². The van der Waals surface area contributed by atoms with Crippen LogP contribution in [0.3, 0.4) is 0 Å². The first-order valence-corrected chi connectivity index (χ1v) is 19.9. The third kappa shape index (κ3) is 10.3. The summed E-state index contributed by atoms with van der Waals surface area (Å²) < 4.78 is 35.8. The van der Waals surface area contributed by atoms with E-state index in [0.717, 1.165) is 27.7 Å². The van der Waals surface area contributed by atoms with Crippen LogP contribution < -0.4 is 19.7 Å². The first-order valence-electron chi connectivity index (χ1n) is 17.5. The van der Waals surface area contributed by atoms with E-state index in [1.807, 2.05) is 72.0 Å². The van der Waals surface area contributed by atoms with Gasteiger partial charge in [0, 0.05) is 73.9 Å². The molecule has 5 aromatic rings. The van der Waals surface area contributed by atoms with E-state index in [2.05, 4.69) is 25.4 Å². The Morgan fingerprint density at radius 3 is 2.47 bits per heavy atom. The van der Waals surface area contributed by atoms with Crippen molar-refractivity contribution in [1.29, 1.82) is 0 Å². The van der Waals surface area contributed by atoms with Gasteiger partial charge in [0.1, 0.15) is 22.1 Å². The molecule has 1 aliphatic heterocycles. The minimum absolute atomic E-state index is 0.0516. The van der Waals surface area contributed by atoms with Crippen LogP contribution >= 0.6 is 11.8 Å². The predicted octanol–water partition coefficient (Wildman–Crippen LogP) is 5.58. The fourth-order valence-corrected chi connectivity index (χ4v) is 8.06. The number of anilines is 2. The highest BCUT2D eigenvalue weighted by Gasteiger charge is 2.31. The fourth-order valence-electron chi connectivity index (χ4n) is 6.09. The lowest BCUT2D eigenvalue weighted by Gasteiger charge is -2.37. The number of aromatic hydroxyl groups is 1. The molecule has 55 heavy (non-hydrogen) atoms. The Morgan fingerprint density at radius 2 is 1.78 bits per heavy atom. The molecule has 3 aromatic carbocycles. The Morgan fingerprint density at radius 1 is 1.00 bits per heavy atom.